The molecule has 136 valence electrons. The van der Waals surface area contributed by atoms with Crippen LogP contribution in [0.1, 0.15) is 27.8 Å². The minimum Gasteiger partial charge on any atom is -0.507 e. The lowest BCUT2D eigenvalue weighted by Crippen LogP contribution is -2.28. The van der Waals surface area contributed by atoms with Gasteiger partial charge in [0, 0.05) is 10.4 Å². The van der Waals surface area contributed by atoms with Crippen LogP contribution in [0.2, 0.25) is 0 Å². The molecule has 1 atom stereocenters. The fraction of sp³-hybridized carbons (Fsp3) is 0.143. The molecule has 1 N–H and O–H groups in total. The molecule has 0 spiro atoms. The van der Waals surface area contributed by atoms with E-state index >= 15 is 0 Å². The van der Waals surface area contributed by atoms with E-state index in [0.717, 1.165) is 10.4 Å². The summed E-state index contributed by atoms with van der Waals surface area (Å²) in [6.45, 7) is 2.09. The Hall–Kier alpha value is -3.12. The quantitative estimate of drug-likeness (QED) is 0.417. The van der Waals surface area contributed by atoms with Crippen molar-refractivity contribution in [1.29, 1.82) is 0 Å². The van der Waals surface area contributed by atoms with Gasteiger partial charge in [-0.15, -0.1) is 11.3 Å². The molecule has 1 aromatic carbocycles. The summed E-state index contributed by atoms with van der Waals surface area (Å²) >= 11 is 1.46. The Balaban J connectivity index is 1.88. The number of furan rings is 1. The van der Waals surface area contributed by atoms with Gasteiger partial charge in [0.15, 0.2) is 0 Å². The van der Waals surface area contributed by atoms with E-state index < -0.39 is 17.7 Å². The van der Waals surface area contributed by atoms with Gasteiger partial charge in [0.05, 0.1) is 18.4 Å². The van der Waals surface area contributed by atoms with E-state index in [1.54, 1.807) is 36.4 Å². The van der Waals surface area contributed by atoms with Gasteiger partial charge in [-0.2, -0.15) is 0 Å². The lowest BCUT2D eigenvalue weighted by Gasteiger charge is -2.24. The Kier molecular flexibility index (Phi) is 4.41. The molecule has 0 bridgehead atoms. The van der Waals surface area contributed by atoms with Crippen LogP contribution >= 0.6 is 11.3 Å². The molecule has 3 heterocycles. The number of aliphatic hydroxyl groups is 1. The van der Waals surface area contributed by atoms with Crippen LogP contribution in [0.5, 0.6) is 0 Å². The third-order valence-electron chi connectivity index (χ3n) is 4.64. The highest BCUT2D eigenvalue weighted by Gasteiger charge is 2.47. The van der Waals surface area contributed by atoms with Crippen LogP contribution in [0, 0.1) is 6.92 Å². The Morgan fingerprint density at radius 2 is 1.93 bits per heavy atom. The number of hydrogen-bond acceptors (Lipinski definition) is 5. The molecule has 1 saturated heterocycles. The van der Waals surface area contributed by atoms with E-state index in [0.29, 0.717) is 11.3 Å². The first-order valence-electron chi connectivity index (χ1n) is 8.48. The van der Waals surface area contributed by atoms with Gasteiger partial charge < -0.3 is 14.4 Å². The van der Waals surface area contributed by atoms with E-state index in [1.165, 1.54) is 22.5 Å². The molecule has 3 aromatic rings. The molecular weight excluding hydrogens is 362 g/mol. The number of rotatable bonds is 4. The summed E-state index contributed by atoms with van der Waals surface area (Å²) in [5.74, 6) is -0.896. The molecule has 1 aliphatic rings. The minimum absolute atomic E-state index is 0.114. The average Bonchev–Trinajstić information content (AvgIpc) is 3.39. The SMILES string of the molecule is Cc1ccsc1C1/C(=C(\O)c2ccccc2)C(=O)C(=O)N1Cc1ccco1. The van der Waals surface area contributed by atoms with Gasteiger partial charge in [0.2, 0.25) is 0 Å². The molecule has 6 heteroatoms. The van der Waals surface area contributed by atoms with Crippen LogP contribution in [-0.4, -0.2) is 21.7 Å². The highest BCUT2D eigenvalue weighted by atomic mass is 32.1. The molecule has 2 aromatic heterocycles. The Morgan fingerprint density at radius 3 is 2.56 bits per heavy atom. The van der Waals surface area contributed by atoms with Crippen LogP contribution in [0.3, 0.4) is 0 Å². The lowest BCUT2D eigenvalue weighted by atomic mass is 9.98. The number of thiophene rings is 1. The Bertz CT molecular complexity index is 1020. The summed E-state index contributed by atoms with van der Waals surface area (Å²) < 4.78 is 5.37. The summed E-state index contributed by atoms with van der Waals surface area (Å²) in [6, 6.07) is 13.6. The molecular formula is C21H17NO4S. The number of hydrogen-bond donors (Lipinski definition) is 1. The standard InChI is InChI=1S/C21H17NO4S/c1-13-9-11-27-20(13)17-16(18(23)14-6-3-2-4-7-14)19(24)21(25)22(17)12-15-8-5-10-26-15/h2-11,17,23H,12H2,1H3/b18-16+. The largest absolute Gasteiger partial charge is 0.507 e. The zero-order valence-electron chi connectivity index (χ0n) is 14.6. The molecule has 1 amide bonds. The van der Waals surface area contributed by atoms with Gasteiger partial charge in [0.1, 0.15) is 17.6 Å². The van der Waals surface area contributed by atoms with E-state index in [1.807, 2.05) is 24.4 Å². The number of nitrogens with zero attached hydrogens (tertiary/aromatic N) is 1. The van der Waals surface area contributed by atoms with Crippen molar-refractivity contribution < 1.29 is 19.1 Å². The number of aryl methyl sites for hydroxylation is 1. The van der Waals surface area contributed by atoms with E-state index in [2.05, 4.69) is 0 Å². The second-order valence-corrected chi connectivity index (χ2v) is 7.29. The highest BCUT2D eigenvalue weighted by Crippen LogP contribution is 2.43. The predicted octanol–water partition coefficient (Wildman–Crippen LogP) is 4.27. The van der Waals surface area contributed by atoms with E-state index in [-0.39, 0.29) is 17.9 Å². The van der Waals surface area contributed by atoms with E-state index in [9.17, 15) is 14.7 Å². The summed E-state index contributed by atoms with van der Waals surface area (Å²) in [4.78, 5) is 28.0. The van der Waals surface area contributed by atoms with E-state index in [4.69, 9.17) is 4.42 Å². The van der Waals surface area contributed by atoms with Gasteiger partial charge in [-0.05, 0) is 36.1 Å². The van der Waals surface area contributed by atoms with Gasteiger partial charge in [-0.25, -0.2) is 0 Å². The fourth-order valence-electron chi connectivity index (χ4n) is 3.30. The lowest BCUT2D eigenvalue weighted by molar-refractivity contribution is -0.140. The summed E-state index contributed by atoms with van der Waals surface area (Å²) in [5.41, 5.74) is 1.59. The van der Waals surface area contributed by atoms with Crippen molar-refractivity contribution in [2.75, 3.05) is 0 Å². The van der Waals surface area contributed by atoms with Crippen LogP contribution in [-0.2, 0) is 16.1 Å². The number of likely N-dealkylation sites (tertiary alicyclic amines) is 1. The third-order valence-corrected chi connectivity index (χ3v) is 5.71. The molecule has 0 aliphatic carbocycles. The van der Waals surface area contributed by atoms with Crippen LogP contribution in [0.4, 0.5) is 0 Å². The molecule has 0 saturated carbocycles. The second-order valence-electron chi connectivity index (χ2n) is 6.34. The topological polar surface area (TPSA) is 70.8 Å². The molecule has 1 unspecified atom stereocenters. The molecule has 1 fully saturated rings. The summed E-state index contributed by atoms with van der Waals surface area (Å²) in [6.07, 6.45) is 1.53. The summed E-state index contributed by atoms with van der Waals surface area (Å²) in [5, 5.41) is 12.8. The normalized spacial score (nSPS) is 19.0. The summed E-state index contributed by atoms with van der Waals surface area (Å²) in [7, 11) is 0. The van der Waals surface area contributed by atoms with Crippen molar-refractivity contribution in [1.82, 2.24) is 4.90 Å². The fourth-order valence-corrected chi connectivity index (χ4v) is 4.35. The van der Waals surface area contributed by atoms with Crippen LogP contribution in [0.25, 0.3) is 5.76 Å². The number of benzene rings is 1. The first-order valence-corrected chi connectivity index (χ1v) is 9.36. The van der Waals surface area contributed by atoms with Crippen molar-refractivity contribution in [3.8, 4) is 0 Å². The minimum atomic E-state index is -0.680. The Morgan fingerprint density at radius 1 is 1.15 bits per heavy atom. The van der Waals surface area contributed by atoms with Crippen molar-refractivity contribution in [2.45, 2.75) is 19.5 Å². The third kappa shape index (κ3) is 2.98. The van der Waals surface area contributed by atoms with Crippen molar-refractivity contribution >= 4 is 28.8 Å². The number of carbonyl (C=O) groups is 2. The maximum atomic E-state index is 12.8. The predicted molar refractivity (Wildman–Crippen MR) is 102 cm³/mol. The van der Waals surface area contributed by atoms with Crippen LogP contribution in [0.15, 0.2) is 70.2 Å². The number of carbonyl (C=O) groups excluding carboxylic acids is 2. The van der Waals surface area contributed by atoms with Gasteiger partial charge in [0.25, 0.3) is 11.7 Å². The number of amides is 1. The first-order chi connectivity index (χ1) is 13.1. The Labute approximate surface area is 160 Å². The maximum absolute atomic E-state index is 12.8. The second kappa shape index (κ2) is 6.89. The molecule has 1 aliphatic heterocycles. The zero-order chi connectivity index (χ0) is 19.0. The van der Waals surface area contributed by atoms with Crippen molar-refractivity contribution in [3.05, 3.63) is 87.5 Å². The number of Topliss-reactive ketones (excluding diaryl/α,β-unsaturated/α-hetero) is 1. The monoisotopic (exact) mass is 379 g/mol. The number of aliphatic hydroxyl groups excluding tert-OH is 1. The highest BCUT2D eigenvalue weighted by molar-refractivity contribution is 7.10. The van der Waals surface area contributed by atoms with Crippen molar-refractivity contribution in [3.63, 3.8) is 0 Å². The maximum Gasteiger partial charge on any atom is 0.296 e. The van der Waals surface area contributed by atoms with Gasteiger partial charge in [-0.1, -0.05) is 30.3 Å². The molecule has 5 nitrogen and oxygen atoms in total. The van der Waals surface area contributed by atoms with Gasteiger partial charge in [-0.3, -0.25) is 9.59 Å². The van der Waals surface area contributed by atoms with Crippen LogP contribution < -0.4 is 0 Å². The molecule has 0 radical (unpaired) electrons. The van der Waals surface area contributed by atoms with Crippen molar-refractivity contribution in [2.24, 2.45) is 0 Å². The smallest absolute Gasteiger partial charge is 0.296 e. The van der Waals surface area contributed by atoms with Gasteiger partial charge >= 0.3 is 0 Å². The average molecular weight is 379 g/mol. The number of ketones is 1. The molecule has 27 heavy (non-hydrogen) atoms. The zero-order valence-corrected chi connectivity index (χ0v) is 15.4. The first kappa shape index (κ1) is 17.3. The molecule has 4 rings (SSSR count).